The highest BCUT2D eigenvalue weighted by molar-refractivity contribution is 7.08. The molecule has 0 saturated heterocycles. The smallest absolute Gasteiger partial charge is 0.269 e. The summed E-state index contributed by atoms with van der Waals surface area (Å²) in [5.41, 5.74) is 5.96. The lowest BCUT2D eigenvalue weighted by molar-refractivity contribution is 0.611. The highest BCUT2D eigenvalue weighted by atomic mass is 32.1. The lowest BCUT2D eigenvalue weighted by atomic mass is 10.3. The molecule has 4 heteroatoms. The topological polar surface area (TPSA) is 38.9 Å². The Kier molecular flexibility index (Phi) is 2.13. The van der Waals surface area contributed by atoms with Crippen molar-refractivity contribution in [3.05, 3.63) is 16.3 Å². The Morgan fingerprint density at radius 3 is 3.00 bits per heavy atom. The van der Waals surface area contributed by atoms with Gasteiger partial charge in [-0.1, -0.05) is 11.3 Å². The molecular weight excluding hydrogens is 139 g/mol. The molecule has 0 spiro atoms. The summed E-state index contributed by atoms with van der Waals surface area (Å²) in [5.74, 6) is 0. The quantitative estimate of drug-likeness (QED) is 0.669. The lowest BCUT2D eigenvalue weighted by Gasteiger charge is -1.85. The Morgan fingerprint density at radius 2 is 2.56 bits per heavy atom. The Hall–Kier alpha value is -0.480. The molecule has 0 aliphatic carbocycles. The van der Waals surface area contributed by atoms with Crippen molar-refractivity contribution in [2.75, 3.05) is 6.54 Å². The first-order valence-electron chi connectivity index (χ1n) is 2.63. The van der Waals surface area contributed by atoms with E-state index >= 15 is 0 Å². The molecule has 1 aromatic heterocycles. The van der Waals surface area contributed by atoms with Crippen LogP contribution in [0.2, 0.25) is 0 Å². The number of nitrogens with zero attached hydrogens (tertiary/aromatic N) is 1. The maximum Gasteiger partial charge on any atom is 0.269 e. The monoisotopic (exact) mass is 146 g/mol. The number of halogens is 1. The molecule has 0 bridgehead atoms. The fourth-order valence-electron chi connectivity index (χ4n) is 0.545. The summed E-state index contributed by atoms with van der Waals surface area (Å²) in [7, 11) is 0. The van der Waals surface area contributed by atoms with Crippen molar-refractivity contribution in [2.24, 2.45) is 5.73 Å². The van der Waals surface area contributed by atoms with E-state index in [1.54, 1.807) is 5.38 Å². The van der Waals surface area contributed by atoms with E-state index in [0.717, 1.165) is 17.0 Å². The van der Waals surface area contributed by atoms with Gasteiger partial charge >= 0.3 is 0 Å². The standard InChI is InChI=1S/C5H7FN2S/c6-5-8-4(1-2-7)3-9-5/h3H,1-2,7H2. The molecule has 0 unspecified atom stereocenters. The van der Waals surface area contributed by atoms with Gasteiger partial charge in [0.25, 0.3) is 5.26 Å². The van der Waals surface area contributed by atoms with Gasteiger partial charge in [-0.2, -0.15) is 4.39 Å². The van der Waals surface area contributed by atoms with Crippen molar-refractivity contribution in [1.82, 2.24) is 4.98 Å². The van der Waals surface area contributed by atoms with Crippen LogP contribution in [0.4, 0.5) is 4.39 Å². The Morgan fingerprint density at radius 1 is 1.78 bits per heavy atom. The molecular formula is C5H7FN2S. The van der Waals surface area contributed by atoms with Crippen molar-refractivity contribution in [2.45, 2.75) is 6.42 Å². The Labute approximate surface area is 56.5 Å². The zero-order valence-electron chi connectivity index (χ0n) is 4.80. The third-order valence-corrected chi connectivity index (χ3v) is 1.60. The minimum Gasteiger partial charge on any atom is -0.330 e. The van der Waals surface area contributed by atoms with Crippen LogP contribution in [-0.2, 0) is 6.42 Å². The summed E-state index contributed by atoms with van der Waals surface area (Å²) < 4.78 is 12.1. The van der Waals surface area contributed by atoms with Crippen molar-refractivity contribution in [3.63, 3.8) is 0 Å². The molecule has 0 aliphatic rings. The van der Waals surface area contributed by atoms with Gasteiger partial charge in [0, 0.05) is 11.8 Å². The lowest BCUT2D eigenvalue weighted by Crippen LogP contribution is -2.02. The minimum absolute atomic E-state index is 0.376. The first kappa shape index (κ1) is 6.64. The second-order valence-electron chi connectivity index (χ2n) is 1.63. The molecule has 0 atom stereocenters. The number of nitrogens with two attached hydrogens (primary N) is 1. The second kappa shape index (κ2) is 2.89. The maximum absolute atomic E-state index is 12.1. The van der Waals surface area contributed by atoms with E-state index in [4.69, 9.17) is 5.73 Å². The molecule has 2 N–H and O–H groups in total. The first-order valence-corrected chi connectivity index (χ1v) is 3.51. The van der Waals surface area contributed by atoms with Crippen LogP contribution in [0, 0.1) is 5.26 Å². The molecule has 50 valence electrons. The molecule has 0 radical (unpaired) electrons. The van der Waals surface area contributed by atoms with Crippen molar-refractivity contribution in [1.29, 1.82) is 0 Å². The fraction of sp³-hybridized carbons (Fsp3) is 0.400. The molecule has 0 amide bonds. The average molecular weight is 146 g/mol. The third kappa shape index (κ3) is 1.73. The average Bonchev–Trinajstić information content (AvgIpc) is 2.17. The molecule has 2 nitrogen and oxygen atoms in total. The summed E-state index contributed by atoms with van der Waals surface area (Å²) >= 11 is 1.01. The van der Waals surface area contributed by atoms with Crippen molar-refractivity contribution < 1.29 is 4.39 Å². The molecule has 0 aliphatic heterocycles. The van der Waals surface area contributed by atoms with Gasteiger partial charge in [0.05, 0.1) is 5.69 Å². The number of hydrogen-bond donors (Lipinski definition) is 1. The number of hydrogen-bond acceptors (Lipinski definition) is 3. The molecule has 1 heterocycles. The van der Waals surface area contributed by atoms with Gasteiger partial charge in [-0.25, -0.2) is 4.98 Å². The van der Waals surface area contributed by atoms with E-state index in [9.17, 15) is 4.39 Å². The van der Waals surface area contributed by atoms with Crippen LogP contribution in [0.25, 0.3) is 0 Å². The van der Waals surface area contributed by atoms with E-state index in [-0.39, 0.29) is 5.26 Å². The zero-order valence-corrected chi connectivity index (χ0v) is 5.62. The van der Waals surface area contributed by atoms with Gasteiger partial charge < -0.3 is 5.73 Å². The largest absolute Gasteiger partial charge is 0.330 e. The van der Waals surface area contributed by atoms with Gasteiger partial charge in [-0.05, 0) is 6.54 Å². The van der Waals surface area contributed by atoms with Gasteiger partial charge in [-0.3, -0.25) is 0 Å². The highest BCUT2D eigenvalue weighted by Crippen LogP contribution is 2.06. The van der Waals surface area contributed by atoms with Gasteiger partial charge in [0.2, 0.25) is 0 Å². The van der Waals surface area contributed by atoms with E-state index < -0.39 is 0 Å². The molecule has 1 aromatic rings. The second-order valence-corrected chi connectivity index (χ2v) is 2.44. The summed E-state index contributed by atoms with van der Waals surface area (Å²) in [4.78, 5) is 3.57. The molecule has 1 rings (SSSR count). The van der Waals surface area contributed by atoms with E-state index in [0.29, 0.717) is 13.0 Å². The summed E-state index contributed by atoms with van der Waals surface area (Å²) in [6, 6.07) is 0. The Bertz CT molecular complexity index is 187. The third-order valence-electron chi connectivity index (χ3n) is 0.924. The van der Waals surface area contributed by atoms with E-state index in [1.165, 1.54) is 0 Å². The minimum atomic E-state index is -0.376. The van der Waals surface area contributed by atoms with Crippen LogP contribution < -0.4 is 5.73 Å². The predicted molar refractivity (Wildman–Crippen MR) is 34.8 cm³/mol. The van der Waals surface area contributed by atoms with E-state index in [1.807, 2.05) is 0 Å². The van der Waals surface area contributed by atoms with Crippen LogP contribution in [0.1, 0.15) is 5.69 Å². The highest BCUT2D eigenvalue weighted by Gasteiger charge is 1.97. The van der Waals surface area contributed by atoms with Gasteiger partial charge in [0.1, 0.15) is 0 Å². The molecule has 9 heavy (non-hydrogen) atoms. The van der Waals surface area contributed by atoms with Gasteiger partial charge in [0.15, 0.2) is 0 Å². The first-order chi connectivity index (χ1) is 4.33. The van der Waals surface area contributed by atoms with Crippen LogP contribution in [0.5, 0.6) is 0 Å². The number of rotatable bonds is 2. The van der Waals surface area contributed by atoms with Crippen LogP contribution in [0.15, 0.2) is 5.38 Å². The zero-order chi connectivity index (χ0) is 6.69. The summed E-state index contributed by atoms with van der Waals surface area (Å²) in [6.07, 6.45) is 0.667. The molecule has 0 saturated carbocycles. The van der Waals surface area contributed by atoms with Gasteiger partial charge in [-0.15, -0.1) is 0 Å². The van der Waals surface area contributed by atoms with Crippen LogP contribution in [0.3, 0.4) is 0 Å². The number of thiazole rings is 1. The van der Waals surface area contributed by atoms with E-state index in [2.05, 4.69) is 4.98 Å². The number of aromatic nitrogens is 1. The SMILES string of the molecule is NCCc1csc(F)n1. The van der Waals surface area contributed by atoms with Crippen LogP contribution >= 0.6 is 11.3 Å². The van der Waals surface area contributed by atoms with Crippen molar-refractivity contribution >= 4 is 11.3 Å². The fourth-order valence-corrected chi connectivity index (χ4v) is 1.12. The normalized spacial score (nSPS) is 10.0. The maximum atomic E-state index is 12.1. The van der Waals surface area contributed by atoms with Crippen molar-refractivity contribution in [3.8, 4) is 0 Å². The predicted octanol–water partition coefficient (Wildman–Crippen LogP) is 0.783. The molecule has 0 fully saturated rings. The van der Waals surface area contributed by atoms with Crippen LogP contribution in [-0.4, -0.2) is 11.5 Å². The molecule has 0 aromatic carbocycles. The summed E-state index contributed by atoms with van der Waals surface area (Å²) in [6.45, 7) is 0.531. The summed E-state index contributed by atoms with van der Waals surface area (Å²) in [5, 5.41) is 1.31. The Balaban J connectivity index is 2.61.